The third-order valence-electron chi connectivity index (χ3n) is 4.23. The van der Waals surface area contributed by atoms with Gasteiger partial charge in [-0.3, -0.25) is 14.3 Å². The first-order chi connectivity index (χ1) is 10.7. The minimum absolute atomic E-state index is 0. The number of nitrogens with one attached hydrogen (secondary N) is 1. The lowest BCUT2D eigenvalue weighted by molar-refractivity contribution is -0.133. The lowest BCUT2D eigenvalue weighted by Gasteiger charge is -2.32. The number of benzene rings is 1. The molecule has 124 valence electrons. The van der Waals surface area contributed by atoms with E-state index in [2.05, 4.69) is 10.4 Å². The average Bonchev–Trinajstić information content (AvgIpc) is 2.57. The summed E-state index contributed by atoms with van der Waals surface area (Å²) in [5.41, 5.74) is 0.582. The van der Waals surface area contributed by atoms with Gasteiger partial charge in [-0.15, -0.1) is 12.4 Å². The van der Waals surface area contributed by atoms with Gasteiger partial charge in [0.15, 0.2) is 0 Å². The number of rotatable bonds is 3. The van der Waals surface area contributed by atoms with Crippen LogP contribution in [0.4, 0.5) is 0 Å². The molecule has 0 spiro atoms. The first-order valence-electron chi connectivity index (χ1n) is 7.59. The lowest BCUT2D eigenvalue weighted by Crippen LogP contribution is -2.48. The van der Waals surface area contributed by atoms with Crippen molar-refractivity contribution in [3.05, 3.63) is 40.7 Å². The number of likely N-dealkylation sites (tertiary alicyclic amines) is 1. The average molecular weight is 337 g/mol. The third-order valence-corrected chi connectivity index (χ3v) is 4.23. The molecule has 0 bridgehead atoms. The zero-order chi connectivity index (χ0) is 15.5. The molecule has 1 unspecified atom stereocenters. The highest BCUT2D eigenvalue weighted by Crippen LogP contribution is 2.12. The molecule has 1 N–H and O–H groups in total. The number of carbonyl (C=O) groups is 1. The molecule has 23 heavy (non-hydrogen) atoms. The van der Waals surface area contributed by atoms with Crippen LogP contribution in [0.3, 0.4) is 0 Å². The Morgan fingerprint density at radius 3 is 2.96 bits per heavy atom. The SMILES string of the molecule is CNC1CCCN(C(=O)Cn2ncc(=O)c3ccccc32)C1.Cl. The third kappa shape index (κ3) is 3.71. The van der Waals surface area contributed by atoms with Gasteiger partial charge in [0.1, 0.15) is 6.54 Å². The molecule has 1 aliphatic heterocycles. The fourth-order valence-corrected chi connectivity index (χ4v) is 2.95. The van der Waals surface area contributed by atoms with Crippen LogP contribution in [0.5, 0.6) is 0 Å². The van der Waals surface area contributed by atoms with Gasteiger partial charge in [-0.1, -0.05) is 12.1 Å². The highest BCUT2D eigenvalue weighted by Gasteiger charge is 2.23. The summed E-state index contributed by atoms with van der Waals surface area (Å²) in [6.07, 6.45) is 3.39. The zero-order valence-electron chi connectivity index (χ0n) is 13.1. The second-order valence-corrected chi connectivity index (χ2v) is 5.65. The molecule has 0 saturated carbocycles. The van der Waals surface area contributed by atoms with Crippen LogP contribution < -0.4 is 10.7 Å². The maximum atomic E-state index is 12.5. The molecule has 2 heterocycles. The predicted molar refractivity (Wildman–Crippen MR) is 91.9 cm³/mol. The van der Waals surface area contributed by atoms with Crippen LogP contribution >= 0.6 is 12.4 Å². The Kier molecular flexibility index (Phi) is 5.74. The molecule has 1 amide bonds. The minimum atomic E-state index is -0.118. The molecule has 2 aromatic rings. The molecule has 1 fully saturated rings. The summed E-state index contributed by atoms with van der Waals surface area (Å²) >= 11 is 0. The summed E-state index contributed by atoms with van der Waals surface area (Å²) in [6, 6.07) is 7.61. The van der Waals surface area contributed by atoms with Crippen molar-refractivity contribution >= 4 is 29.2 Å². The minimum Gasteiger partial charge on any atom is -0.340 e. The van der Waals surface area contributed by atoms with Crippen LogP contribution in [-0.4, -0.2) is 46.8 Å². The number of para-hydroxylation sites is 1. The Hall–Kier alpha value is -1.92. The number of likely N-dealkylation sites (N-methyl/N-ethyl adjacent to an activating group) is 1. The monoisotopic (exact) mass is 336 g/mol. The number of piperidine rings is 1. The van der Waals surface area contributed by atoms with Gasteiger partial charge in [-0.25, -0.2) is 0 Å². The molecule has 1 atom stereocenters. The zero-order valence-corrected chi connectivity index (χ0v) is 13.9. The molecule has 3 rings (SSSR count). The molecule has 1 aromatic carbocycles. The quantitative estimate of drug-likeness (QED) is 0.909. The van der Waals surface area contributed by atoms with Gasteiger partial charge in [-0.2, -0.15) is 5.10 Å². The summed E-state index contributed by atoms with van der Waals surface area (Å²) in [5.74, 6) is 0.0428. The van der Waals surface area contributed by atoms with Crippen molar-refractivity contribution in [1.82, 2.24) is 20.0 Å². The van der Waals surface area contributed by atoms with E-state index in [9.17, 15) is 9.59 Å². The van der Waals surface area contributed by atoms with E-state index in [4.69, 9.17) is 0 Å². The first-order valence-corrected chi connectivity index (χ1v) is 7.59. The van der Waals surface area contributed by atoms with E-state index in [1.165, 1.54) is 6.20 Å². The summed E-state index contributed by atoms with van der Waals surface area (Å²) in [7, 11) is 1.93. The highest BCUT2D eigenvalue weighted by molar-refractivity contribution is 5.85. The number of carbonyl (C=O) groups excluding carboxylic acids is 1. The molecular weight excluding hydrogens is 316 g/mol. The second kappa shape index (κ2) is 7.57. The molecule has 1 aliphatic rings. The highest BCUT2D eigenvalue weighted by atomic mass is 35.5. The Morgan fingerprint density at radius 1 is 1.39 bits per heavy atom. The summed E-state index contributed by atoms with van der Waals surface area (Å²) in [4.78, 5) is 26.2. The van der Waals surface area contributed by atoms with Gasteiger partial charge in [0, 0.05) is 24.5 Å². The van der Waals surface area contributed by atoms with Gasteiger partial charge < -0.3 is 10.2 Å². The molecule has 0 aliphatic carbocycles. The van der Waals surface area contributed by atoms with Crippen molar-refractivity contribution in [2.45, 2.75) is 25.4 Å². The number of hydrogen-bond acceptors (Lipinski definition) is 4. The fraction of sp³-hybridized carbons (Fsp3) is 0.438. The van der Waals surface area contributed by atoms with E-state index in [1.807, 2.05) is 30.1 Å². The number of aromatic nitrogens is 2. The number of amides is 1. The maximum Gasteiger partial charge on any atom is 0.244 e. The molecule has 1 aromatic heterocycles. The van der Waals surface area contributed by atoms with E-state index in [0.717, 1.165) is 25.9 Å². The topological polar surface area (TPSA) is 67.2 Å². The standard InChI is InChI=1S/C16H20N4O2.ClH/c1-17-12-5-4-8-19(10-12)16(22)11-20-14-7-3-2-6-13(14)15(21)9-18-20;/h2-3,6-7,9,12,17H,4-5,8,10-11H2,1H3;1H. The van der Waals surface area contributed by atoms with Crippen LogP contribution in [0, 0.1) is 0 Å². The van der Waals surface area contributed by atoms with Crippen LogP contribution in [0.2, 0.25) is 0 Å². The Balaban J connectivity index is 0.00000192. The van der Waals surface area contributed by atoms with Gasteiger partial charge in [-0.05, 0) is 32.0 Å². The van der Waals surface area contributed by atoms with E-state index in [1.54, 1.807) is 10.7 Å². The predicted octanol–water partition coefficient (Wildman–Crippen LogP) is 1.03. The Morgan fingerprint density at radius 2 is 2.17 bits per heavy atom. The van der Waals surface area contributed by atoms with Crippen molar-refractivity contribution in [2.24, 2.45) is 0 Å². The normalized spacial score (nSPS) is 17.8. The van der Waals surface area contributed by atoms with E-state index in [-0.39, 0.29) is 30.3 Å². The van der Waals surface area contributed by atoms with Crippen LogP contribution in [-0.2, 0) is 11.3 Å². The van der Waals surface area contributed by atoms with E-state index < -0.39 is 0 Å². The first kappa shape index (κ1) is 17.4. The molecule has 1 saturated heterocycles. The summed E-state index contributed by atoms with van der Waals surface area (Å²) in [5, 5.41) is 7.95. The van der Waals surface area contributed by atoms with Crippen LogP contribution in [0.1, 0.15) is 12.8 Å². The Labute approximate surface area is 140 Å². The number of halogens is 1. The van der Waals surface area contributed by atoms with Crippen LogP contribution in [0.15, 0.2) is 35.3 Å². The number of nitrogens with zero attached hydrogens (tertiary/aromatic N) is 3. The van der Waals surface area contributed by atoms with E-state index in [0.29, 0.717) is 16.9 Å². The molecular formula is C16H21ClN4O2. The number of hydrogen-bond donors (Lipinski definition) is 1. The van der Waals surface area contributed by atoms with Crippen molar-refractivity contribution in [3.63, 3.8) is 0 Å². The Bertz CT molecular complexity index is 746. The summed E-state index contributed by atoms with van der Waals surface area (Å²) < 4.78 is 1.61. The van der Waals surface area contributed by atoms with Gasteiger partial charge >= 0.3 is 0 Å². The smallest absolute Gasteiger partial charge is 0.244 e. The van der Waals surface area contributed by atoms with Gasteiger partial charge in [0.2, 0.25) is 11.3 Å². The van der Waals surface area contributed by atoms with Gasteiger partial charge in [0.05, 0.1) is 11.7 Å². The van der Waals surface area contributed by atoms with E-state index >= 15 is 0 Å². The molecule has 0 radical (unpaired) electrons. The van der Waals surface area contributed by atoms with Crippen molar-refractivity contribution in [1.29, 1.82) is 0 Å². The van der Waals surface area contributed by atoms with Crippen molar-refractivity contribution < 1.29 is 4.79 Å². The van der Waals surface area contributed by atoms with Crippen LogP contribution in [0.25, 0.3) is 10.9 Å². The molecule has 7 heteroatoms. The van der Waals surface area contributed by atoms with Crippen molar-refractivity contribution in [2.75, 3.05) is 20.1 Å². The maximum absolute atomic E-state index is 12.5. The largest absolute Gasteiger partial charge is 0.340 e. The number of fused-ring (bicyclic) bond motifs is 1. The summed E-state index contributed by atoms with van der Waals surface area (Å²) in [6.45, 7) is 1.68. The van der Waals surface area contributed by atoms with Crippen molar-refractivity contribution in [3.8, 4) is 0 Å². The molecule has 6 nitrogen and oxygen atoms in total. The fourth-order valence-electron chi connectivity index (χ4n) is 2.95. The second-order valence-electron chi connectivity index (χ2n) is 5.65. The lowest BCUT2D eigenvalue weighted by atomic mass is 10.1. The van der Waals surface area contributed by atoms with Gasteiger partial charge in [0.25, 0.3) is 0 Å².